The van der Waals surface area contributed by atoms with Crippen LogP contribution in [0.2, 0.25) is 0 Å². The lowest BCUT2D eigenvalue weighted by Crippen LogP contribution is -2.28. The molecule has 0 radical (unpaired) electrons. The Morgan fingerprint density at radius 2 is 1.68 bits per heavy atom. The summed E-state index contributed by atoms with van der Waals surface area (Å²) in [5.74, 6) is -0.689. The second-order valence-electron chi connectivity index (χ2n) is 11.8. The second-order valence-corrected chi connectivity index (χ2v) is 13.5. The Labute approximate surface area is 281 Å². The molecule has 11 nitrogen and oxygen atoms in total. The number of amides is 2. The summed E-state index contributed by atoms with van der Waals surface area (Å²) in [6.07, 6.45) is 6.71. The number of unbranched alkanes of at least 4 members (excludes halogenated alkanes) is 4. The first-order valence-corrected chi connectivity index (χ1v) is 17.2. The molecule has 0 aliphatic carbocycles. The van der Waals surface area contributed by atoms with Crippen LogP contribution < -0.4 is 15.8 Å². The Balaban J connectivity index is 1.13. The van der Waals surface area contributed by atoms with Gasteiger partial charge in [0, 0.05) is 46.6 Å². The fourth-order valence-electron chi connectivity index (χ4n) is 4.71. The summed E-state index contributed by atoms with van der Waals surface area (Å²) < 4.78 is 5.33. The summed E-state index contributed by atoms with van der Waals surface area (Å²) >= 11 is 2.67. The van der Waals surface area contributed by atoms with Crippen molar-refractivity contribution in [2.24, 2.45) is 10.2 Å². The Bertz CT molecular complexity index is 1730. The second kappa shape index (κ2) is 15.7. The molecule has 47 heavy (non-hydrogen) atoms. The van der Waals surface area contributed by atoms with Crippen molar-refractivity contribution in [3.63, 3.8) is 0 Å². The standard InChI is InChI=1S/C34H37N7O4S2/c1-34(2,3)45-27(42)14-10-5-4-6-11-19-35-30(43)25-17-15-23(16-18-25)26-22-47-33(37-26)41-31(44)29(38-39-32-36-20-21-46-32)28(40-41)24-12-8-7-9-13-24/h7-9,12-13,15-18,20-22H,4-6,10-11,14,19H2,1-3H3,(H,35,43)(H,36,39)/b38-29+. The average molecular weight is 672 g/mol. The third-order valence-corrected chi connectivity index (χ3v) is 8.44. The van der Waals surface area contributed by atoms with Crippen LogP contribution in [0.5, 0.6) is 0 Å². The van der Waals surface area contributed by atoms with Gasteiger partial charge in [0.2, 0.25) is 10.3 Å². The summed E-state index contributed by atoms with van der Waals surface area (Å²) in [7, 11) is 0. The molecule has 2 aromatic carbocycles. The number of hydrogen-bond donors (Lipinski definition) is 2. The highest BCUT2D eigenvalue weighted by molar-refractivity contribution is 7.14. The Kier molecular flexibility index (Phi) is 11.2. The summed E-state index contributed by atoms with van der Waals surface area (Å²) in [5.41, 5.74) is 5.80. The number of hydrogen-bond acceptors (Lipinski definition) is 11. The number of esters is 1. The molecule has 3 heterocycles. The Morgan fingerprint density at radius 1 is 0.936 bits per heavy atom. The van der Waals surface area contributed by atoms with E-state index in [9.17, 15) is 14.4 Å². The number of aromatic nitrogens is 2. The molecule has 0 atom stereocenters. The zero-order chi connectivity index (χ0) is 33.2. The van der Waals surface area contributed by atoms with E-state index in [0.717, 1.165) is 43.2 Å². The molecule has 2 aromatic heterocycles. The Morgan fingerprint density at radius 3 is 2.40 bits per heavy atom. The molecule has 0 spiro atoms. The number of thiazole rings is 2. The smallest absolute Gasteiger partial charge is 0.306 e. The molecule has 5 rings (SSSR count). The van der Waals surface area contributed by atoms with Crippen LogP contribution in [0.15, 0.2) is 81.8 Å². The molecule has 244 valence electrons. The molecule has 2 N–H and O–H groups in total. The van der Waals surface area contributed by atoms with Crippen LogP contribution in [-0.2, 0) is 14.3 Å². The minimum absolute atomic E-state index is 0.135. The fraction of sp³-hybridized carbons (Fsp3) is 0.324. The Hall–Kier alpha value is -4.75. The number of ether oxygens (including phenoxy) is 1. The van der Waals surface area contributed by atoms with E-state index < -0.39 is 11.5 Å². The SMILES string of the molecule is CC(C)(C)OC(=O)CCCCCCCNC(=O)c1ccc(-c2csc(N3N=C(c4ccccc4)/C(=N\Nc4nccs4)C3=O)n2)cc1. The van der Waals surface area contributed by atoms with Gasteiger partial charge in [0.05, 0.1) is 5.69 Å². The minimum Gasteiger partial charge on any atom is -0.460 e. The van der Waals surface area contributed by atoms with Crippen LogP contribution in [0.4, 0.5) is 10.3 Å². The van der Waals surface area contributed by atoms with E-state index in [1.54, 1.807) is 18.3 Å². The van der Waals surface area contributed by atoms with Crippen molar-refractivity contribution < 1.29 is 19.1 Å². The van der Waals surface area contributed by atoms with Gasteiger partial charge < -0.3 is 10.1 Å². The molecule has 0 saturated heterocycles. The molecule has 0 saturated carbocycles. The van der Waals surface area contributed by atoms with Crippen LogP contribution >= 0.6 is 22.7 Å². The molecule has 1 aliphatic rings. The maximum Gasteiger partial charge on any atom is 0.306 e. The van der Waals surface area contributed by atoms with Gasteiger partial charge in [-0.25, -0.2) is 9.97 Å². The van der Waals surface area contributed by atoms with E-state index in [-0.39, 0.29) is 17.6 Å². The van der Waals surface area contributed by atoms with Crippen molar-refractivity contribution >= 4 is 62.1 Å². The van der Waals surface area contributed by atoms with E-state index in [0.29, 0.717) is 40.2 Å². The summed E-state index contributed by atoms with van der Waals surface area (Å²) in [4.78, 5) is 46.8. The van der Waals surface area contributed by atoms with Gasteiger partial charge in [0.1, 0.15) is 11.3 Å². The number of carbonyl (C=O) groups excluding carboxylic acids is 3. The predicted octanol–water partition coefficient (Wildman–Crippen LogP) is 6.90. The molecular formula is C34H37N7O4S2. The first kappa shape index (κ1) is 33.6. The monoisotopic (exact) mass is 671 g/mol. The third-order valence-electron chi connectivity index (χ3n) is 6.94. The van der Waals surface area contributed by atoms with Crippen LogP contribution in [0.25, 0.3) is 11.3 Å². The number of hydrazone groups is 2. The van der Waals surface area contributed by atoms with Crippen molar-refractivity contribution in [2.75, 3.05) is 17.0 Å². The highest BCUT2D eigenvalue weighted by Gasteiger charge is 2.36. The molecule has 1 aliphatic heterocycles. The molecular weight excluding hydrogens is 635 g/mol. The molecule has 13 heteroatoms. The maximum absolute atomic E-state index is 13.5. The van der Waals surface area contributed by atoms with E-state index in [4.69, 9.17) is 4.74 Å². The van der Waals surface area contributed by atoms with E-state index in [2.05, 4.69) is 30.9 Å². The zero-order valence-electron chi connectivity index (χ0n) is 26.6. The lowest BCUT2D eigenvalue weighted by atomic mass is 10.1. The molecule has 4 aromatic rings. The number of carbonyl (C=O) groups is 3. The summed E-state index contributed by atoms with van der Waals surface area (Å²) in [6.45, 7) is 6.20. The maximum atomic E-state index is 13.5. The van der Waals surface area contributed by atoms with Gasteiger partial charge in [-0.3, -0.25) is 19.8 Å². The number of rotatable bonds is 14. The quantitative estimate of drug-likeness (QED) is 0.0845. The lowest BCUT2D eigenvalue weighted by molar-refractivity contribution is -0.154. The van der Waals surface area contributed by atoms with Crippen LogP contribution in [0.1, 0.15) is 75.2 Å². The average Bonchev–Trinajstić information content (AvgIpc) is 3.82. The van der Waals surface area contributed by atoms with Gasteiger partial charge in [-0.2, -0.15) is 15.2 Å². The number of benzene rings is 2. The zero-order valence-corrected chi connectivity index (χ0v) is 28.2. The largest absolute Gasteiger partial charge is 0.460 e. The van der Waals surface area contributed by atoms with Crippen LogP contribution in [-0.4, -0.2) is 51.3 Å². The first-order chi connectivity index (χ1) is 22.7. The molecule has 0 unspecified atom stereocenters. The third kappa shape index (κ3) is 9.39. The summed E-state index contributed by atoms with van der Waals surface area (Å²) in [5, 5.41) is 17.8. The first-order valence-electron chi connectivity index (χ1n) is 15.5. The molecule has 2 amide bonds. The van der Waals surface area contributed by atoms with Gasteiger partial charge in [-0.15, -0.1) is 22.7 Å². The van der Waals surface area contributed by atoms with Crippen molar-refractivity contribution in [1.29, 1.82) is 0 Å². The van der Waals surface area contributed by atoms with Crippen molar-refractivity contribution in [1.82, 2.24) is 15.3 Å². The highest BCUT2D eigenvalue weighted by atomic mass is 32.1. The lowest BCUT2D eigenvalue weighted by Gasteiger charge is -2.19. The molecule has 0 bridgehead atoms. The van der Waals surface area contributed by atoms with Crippen LogP contribution in [0.3, 0.4) is 0 Å². The number of anilines is 2. The number of nitrogens with one attached hydrogen (secondary N) is 2. The van der Waals surface area contributed by atoms with Gasteiger partial charge in [-0.05, 0) is 45.7 Å². The van der Waals surface area contributed by atoms with Crippen LogP contribution in [0, 0.1) is 0 Å². The molecule has 0 fully saturated rings. The fourth-order valence-corrected chi connectivity index (χ4v) is 5.96. The van der Waals surface area contributed by atoms with Crippen molar-refractivity contribution in [3.8, 4) is 11.3 Å². The van der Waals surface area contributed by atoms with Gasteiger partial charge in [-0.1, -0.05) is 61.7 Å². The van der Waals surface area contributed by atoms with E-state index >= 15 is 0 Å². The van der Waals surface area contributed by atoms with Gasteiger partial charge in [0.25, 0.3) is 5.91 Å². The summed E-state index contributed by atoms with van der Waals surface area (Å²) in [6, 6.07) is 16.6. The minimum atomic E-state index is -0.444. The highest BCUT2D eigenvalue weighted by Crippen LogP contribution is 2.30. The van der Waals surface area contributed by atoms with Gasteiger partial charge in [0.15, 0.2) is 5.71 Å². The topological polar surface area (TPSA) is 138 Å². The van der Waals surface area contributed by atoms with Crippen molar-refractivity contribution in [3.05, 3.63) is 82.7 Å². The van der Waals surface area contributed by atoms with E-state index in [1.807, 2.05) is 74.0 Å². The predicted molar refractivity (Wildman–Crippen MR) is 187 cm³/mol. The normalized spacial score (nSPS) is 13.9. The number of nitrogens with zero attached hydrogens (tertiary/aromatic N) is 5. The van der Waals surface area contributed by atoms with Gasteiger partial charge >= 0.3 is 11.9 Å². The van der Waals surface area contributed by atoms with E-state index in [1.165, 1.54) is 27.7 Å². The van der Waals surface area contributed by atoms with Crippen molar-refractivity contribution in [2.45, 2.75) is 64.9 Å².